The summed E-state index contributed by atoms with van der Waals surface area (Å²) in [5.41, 5.74) is 3.47. The topological polar surface area (TPSA) is 136 Å². The maximum Gasteiger partial charge on any atom is 0.287 e. The predicted octanol–water partition coefficient (Wildman–Crippen LogP) is 3.96. The molecule has 3 rings (SSSR count). The first-order valence-corrected chi connectivity index (χ1v) is 8.60. The number of ether oxygens (including phenoxy) is 2. The van der Waals surface area contributed by atoms with Crippen molar-refractivity contribution in [1.29, 1.82) is 0 Å². The number of nitrogens with one attached hydrogen (secondary N) is 1. The van der Waals surface area contributed by atoms with Gasteiger partial charge in [0.05, 0.1) is 19.1 Å². The SMILES string of the molecule is COc1ccc(OC)c(/N=N/C(=N\Nc2ccc([N+](=O)[O-])cn2)c2ccccn2)c1. The van der Waals surface area contributed by atoms with Crippen molar-refractivity contribution in [2.45, 2.75) is 0 Å². The summed E-state index contributed by atoms with van der Waals surface area (Å²) in [4.78, 5) is 18.4. The Labute approximate surface area is 171 Å². The maximum atomic E-state index is 10.7. The Bertz CT molecular complexity index is 1070. The lowest BCUT2D eigenvalue weighted by Gasteiger charge is -2.06. The van der Waals surface area contributed by atoms with Gasteiger partial charge in [-0.2, -0.15) is 0 Å². The summed E-state index contributed by atoms with van der Waals surface area (Å²) in [7, 11) is 3.07. The molecule has 152 valence electrons. The zero-order valence-corrected chi connectivity index (χ0v) is 16.1. The van der Waals surface area contributed by atoms with Crippen molar-refractivity contribution >= 4 is 23.0 Å². The fourth-order valence-electron chi connectivity index (χ4n) is 2.27. The van der Waals surface area contributed by atoms with Crippen molar-refractivity contribution in [3.8, 4) is 11.5 Å². The van der Waals surface area contributed by atoms with Crippen LogP contribution in [0.3, 0.4) is 0 Å². The molecule has 1 N–H and O–H groups in total. The lowest BCUT2D eigenvalue weighted by atomic mass is 10.3. The second-order valence-electron chi connectivity index (χ2n) is 5.66. The number of pyridine rings is 2. The molecule has 0 aliphatic carbocycles. The van der Waals surface area contributed by atoms with Gasteiger partial charge in [0, 0.05) is 18.3 Å². The number of nitrogens with zero attached hydrogens (tertiary/aromatic N) is 6. The summed E-state index contributed by atoms with van der Waals surface area (Å²) < 4.78 is 10.5. The smallest absolute Gasteiger partial charge is 0.287 e. The quantitative estimate of drug-likeness (QED) is 0.206. The first kappa shape index (κ1) is 20.3. The molecule has 0 spiro atoms. The molecule has 0 bridgehead atoms. The van der Waals surface area contributed by atoms with E-state index in [1.807, 2.05) is 0 Å². The summed E-state index contributed by atoms with van der Waals surface area (Å²) in [5, 5.41) is 23.3. The molecule has 0 unspecified atom stereocenters. The van der Waals surface area contributed by atoms with Crippen LogP contribution in [0.1, 0.15) is 5.69 Å². The molecule has 0 radical (unpaired) electrons. The number of azo groups is 1. The Kier molecular flexibility index (Phi) is 6.56. The highest BCUT2D eigenvalue weighted by Crippen LogP contribution is 2.31. The van der Waals surface area contributed by atoms with E-state index in [1.54, 1.807) is 49.7 Å². The van der Waals surface area contributed by atoms with Gasteiger partial charge in [0.2, 0.25) is 5.84 Å². The number of hydrazone groups is 1. The number of aromatic nitrogens is 2. The van der Waals surface area contributed by atoms with Crippen LogP contribution in [-0.4, -0.2) is 34.9 Å². The van der Waals surface area contributed by atoms with E-state index >= 15 is 0 Å². The van der Waals surface area contributed by atoms with Crippen LogP contribution in [0, 0.1) is 10.1 Å². The van der Waals surface area contributed by atoms with E-state index in [0.29, 0.717) is 28.7 Å². The average molecular weight is 407 g/mol. The second kappa shape index (κ2) is 9.68. The van der Waals surface area contributed by atoms with E-state index in [9.17, 15) is 10.1 Å². The predicted molar refractivity (Wildman–Crippen MR) is 109 cm³/mol. The fraction of sp³-hybridized carbons (Fsp3) is 0.105. The molecule has 11 heteroatoms. The molecule has 1 aromatic carbocycles. The van der Waals surface area contributed by atoms with E-state index in [1.165, 1.54) is 19.2 Å². The Morgan fingerprint density at radius 1 is 1.10 bits per heavy atom. The molecule has 2 aromatic heterocycles. The minimum Gasteiger partial charge on any atom is -0.497 e. The minimum atomic E-state index is -0.533. The molecule has 0 fully saturated rings. The van der Waals surface area contributed by atoms with Crippen molar-refractivity contribution in [3.63, 3.8) is 0 Å². The van der Waals surface area contributed by atoms with Gasteiger partial charge in [-0.15, -0.1) is 15.3 Å². The van der Waals surface area contributed by atoms with Gasteiger partial charge in [0.25, 0.3) is 5.69 Å². The number of methoxy groups -OCH3 is 2. The van der Waals surface area contributed by atoms with Gasteiger partial charge in [-0.1, -0.05) is 6.07 Å². The highest BCUT2D eigenvalue weighted by molar-refractivity contribution is 5.97. The molecular weight excluding hydrogens is 390 g/mol. The first-order valence-electron chi connectivity index (χ1n) is 8.60. The van der Waals surface area contributed by atoms with E-state index in [4.69, 9.17) is 9.47 Å². The number of hydrogen-bond acceptors (Lipinski definition) is 9. The maximum absolute atomic E-state index is 10.7. The minimum absolute atomic E-state index is 0.126. The zero-order valence-electron chi connectivity index (χ0n) is 16.1. The van der Waals surface area contributed by atoms with Crippen LogP contribution in [-0.2, 0) is 0 Å². The molecule has 0 saturated carbocycles. The molecule has 0 atom stereocenters. The normalized spacial score (nSPS) is 11.3. The molecule has 0 aliphatic heterocycles. The fourth-order valence-corrected chi connectivity index (χ4v) is 2.27. The van der Waals surface area contributed by atoms with E-state index < -0.39 is 4.92 Å². The third-order valence-corrected chi connectivity index (χ3v) is 3.77. The molecule has 3 aromatic rings. The second-order valence-corrected chi connectivity index (χ2v) is 5.66. The third-order valence-electron chi connectivity index (χ3n) is 3.77. The van der Waals surface area contributed by atoms with E-state index in [0.717, 1.165) is 6.20 Å². The number of anilines is 1. The van der Waals surface area contributed by atoms with Crippen molar-refractivity contribution in [2.75, 3.05) is 19.6 Å². The first-order chi connectivity index (χ1) is 14.6. The highest BCUT2D eigenvalue weighted by Gasteiger charge is 2.09. The number of benzene rings is 1. The summed E-state index contributed by atoms with van der Waals surface area (Å²) in [6.07, 6.45) is 2.72. The van der Waals surface area contributed by atoms with E-state index in [-0.39, 0.29) is 11.5 Å². The van der Waals surface area contributed by atoms with Crippen molar-refractivity contribution in [3.05, 3.63) is 76.7 Å². The van der Waals surface area contributed by atoms with Crippen LogP contribution in [0.2, 0.25) is 0 Å². The van der Waals surface area contributed by atoms with E-state index in [2.05, 4.69) is 30.7 Å². The molecule has 0 amide bonds. The molecule has 30 heavy (non-hydrogen) atoms. The van der Waals surface area contributed by atoms with Crippen LogP contribution in [0.4, 0.5) is 17.2 Å². The third kappa shape index (κ3) is 5.10. The van der Waals surface area contributed by atoms with Crippen molar-refractivity contribution < 1.29 is 14.4 Å². The lowest BCUT2D eigenvalue weighted by Crippen LogP contribution is -2.04. The van der Waals surface area contributed by atoms with Crippen molar-refractivity contribution in [1.82, 2.24) is 9.97 Å². The summed E-state index contributed by atoms with van der Waals surface area (Å²) in [6, 6.07) is 13.1. The van der Waals surface area contributed by atoms with Gasteiger partial charge >= 0.3 is 0 Å². The zero-order chi connectivity index (χ0) is 21.3. The highest BCUT2D eigenvalue weighted by atomic mass is 16.6. The number of nitro groups is 1. The van der Waals surface area contributed by atoms with Crippen LogP contribution < -0.4 is 14.9 Å². The molecule has 0 saturated heterocycles. The molecule has 11 nitrogen and oxygen atoms in total. The van der Waals surface area contributed by atoms with Crippen LogP contribution in [0.25, 0.3) is 0 Å². The summed E-state index contributed by atoms with van der Waals surface area (Å²) >= 11 is 0. The van der Waals surface area contributed by atoms with Crippen LogP contribution in [0.15, 0.2) is 76.3 Å². The number of rotatable bonds is 7. The van der Waals surface area contributed by atoms with Gasteiger partial charge in [0.1, 0.15) is 34.9 Å². The summed E-state index contributed by atoms with van der Waals surface area (Å²) in [6.45, 7) is 0. The Hall–Kier alpha value is -4.41. The van der Waals surface area contributed by atoms with Crippen molar-refractivity contribution in [2.24, 2.45) is 15.3 Å². The lowest BCUT2D eigenvalue weighted by molar-refractivity contribution is -0.385. The standard InChI is InChI=1S/C19H17N7O4/c1-29-14-7-8-17(30-2)16(11-14)22-24-19(15-5-3-4-10-20-15)25-23-18-9-6-13(12-21-18)26(27)28/h3-12H,1-2H3,(H,21,23)/b24-22+,25-19-. The molecular formula is C19H17N7O4. The van der Waals surface area contributed by atoms with Gasteiger partial charge in [-0.25, -0.2) is 4.98 Å². The molecule has 0 aliphatic rings. The largest absolute Gasteiger partial charge is 0.497 e. The van der Waals surface area contributed by atoms with Gasteiger partial charge in [-0.3, -0.25) is 20.5 Å². The Balaban J connectivity index is 1.91. The van der Waals surface area contributed by atoms with Gasteiger partial charge < -0.3 is 9.47 Å². The average Bonchev–Trinajstić information content (AvgIpc) is 2.79. The van der Waals surface area contributed by atoms with Gasteiger partial charge in [0.15, 0.2) is 0 Å². The number of amidine groups is 1. The van der Waals surface area contributed by atoms with Gasteiger partial charge in [-0.05, 0) is 30.3 Å². The summed E-state index contributed by atoms with van der Waals surface area (Å²) in [5.74, 6) is 1.56. The Morgan fingerprint density at radius 3 is 2.60 bits per heavy atom. The molecule has 2 heterocycles. The number of hydrogen-bond donors (Lipinski definition) is 1. The Morgan fingerprint density at radius 2 is 1.97 bits per heavy atom. The van der Waals surface area contributed by atoms with Crippen LogP contribution >= 0.6 is 0 Å². The monoisotopic (exact) mass is 407 g/mol. The van der Waals surface area contributed by atoms with Crippen LogP contribution in [0.5, 0.6) is 11.5 Å².